The number of fused-ring (bicyclic) bond motifs is 1. The van der Waals surface area contributed by atoms with E-state index in [0.717, 1.165) is 26.1 Å². The van der Waals surface area contributed by atoms with E-state index < -0.39 is 0 Å². The van der Waals surface area contributed by atoms with Gasteiger partial charge in [-0.1, -0.05) is 36.4 Å². The van der Waals surface area contributed by atoms with E-state index in [1.807, 2.05) is 36.4 Å². The molecular weight excluding hydrogens is 399 g/mol. The van der Waals surface area contributed by atoms with E-state index in [9.17, 15) is 4.39 Å². The number of hydrogen-bond donors (Lipinski definition) is 0. The predicted octanol–water partition coefficient (Wildman–Crippen LogP) is 6.08. The molecule has 124 valence electrons. The zero-order chi connectivity index (χ0) is 17.2. The van der Waals surface area contributed by atoms with Gasteiger partial charge in [0.05, 0.1) is 0 Å². The zero-order valence-corrected chi connectivity index (χ0v) is 15.6. The Hall–Kier alpha value is -2.11. The van der Waals surface area contributed by atoms with Crippen molar-refractivity contribution < 1.29 is 4.39 Å². The van der Waals surface area contributed by atoms with Crippen LogP contribution in [0.1, 0.15) is 11.3 Å². The number of halogens is 2. The summed E-state index contributed by atoms with van der Waals surface area (Å²) in [7, 11) is 0. The molecule has 0 aliphatic rings. The minimum Gasteiger partial charge on any atom is -0.267 e. The number of pyridine rings is 1. The number of rotatable bonds is 4. The van der Waals surface area contributed by atoms with Crippen molar-refractivity contribution >= 4 is 38.9 Å². The molecule has 5 heteroatoms. The van der Waals surface area contributed by atoms with Crippen LogP contribution in [0.2, 0.25) is 0 Å². The Morgan fingerprint density at radius 3 is 2.56 bits per heavy atom. The third kappa shape index (κ3) is 3.34. The quantitative estimate of drug-likeness (QED) is 0.403. The van der Waals surface area contributed by atoms with Crippen LogP contribution in [-0.4, -0.2) is 8.96 Å². The van der Waals surface area contributed by atoms with Crippen molar-refractivity contribution in [3.63, 3.8) is 0 Å². The van der Waals surface area contributed by atoms with Gasteiger partial charge in [-0.05, 0) is 63.8 Å². The molecule has 0 saturated heterocycles. The minimum atomic E-state index is -0.184. The molecule has 0 fully saturated rings. The first-order chi connectivity index (χ1) is 12.2. The second kappa shape index (κ2) is 7.02. The molecule has 0 atom stereocenters. The van der Waals surface area contributed by atoms with Crippen LogP contribution in [-0.2, 0) is 6.42 Å². The highest BCUT2D eigenvalue weighted by atomic mass is 79.9. The molecule has 0 radical (unpaired) electrons. The van der Waals surface area contributed by atoms with Crippen LogP contribution in [0, 0.1) is 5.82 Å². The molecule has 0 aliphatic carbocycles. The van der Waals surface area contributed by atoms with Crippen LogP contribution in [0.3, 0.4) is 0 Å². The number of benzene rings is 2. The normalized spacial score (nSPS) is 11.1. The molecule has 25 heavy (non-hydrogen) atoms. The molecule has 0 spiro atoms. The fraction of sp³-hybridized carbons (Fsp3) is 0.0500. The molecule has 2 aromatic heterocycles. The molecule has 2 nitrogen and oxygen atoms in total. The Morgan fingerprint density at radius 1 is 1.00 bits per heavy atom. The Balaban J connectivity index is 1.83. The lowest BCUT2D eigenvalue weighted by Crippen LogP contribution is -1.99. The Labute approximate surface area is 158 Å². The molecule has 0 amide bonds. The van der Waals surface area contributed by atoms with Gasteiger partial charge < -0.3 is 0 Å². The molecule has 4 rings (SSSR count). The van der Waals surface area contributed by atoms with E-state index in [4.69, 9.17) is 0 Å². The summed E-state index contributed by atoms with van der Waals surface area (Å²) in [6.45, 7) is 0. The minimum absolute atomic E-state index is 0.184. The summed E-state index contributed by atoms with van der Waals surface area (Å²) in [5.74, 6) is -0.184. The van der Waals surface area contributed by atoms with E-state index in [1.165, 1.54) is 6.07 Å². The average Bonchev–Trinajstić information content (AvgIpc) is 2.97. The summed E-state index contributed by atoms with van der Waals surface area (Å²) in [4.78, 5) is 5.65. The molecule has 2 heterocycles. The molecule has 0 saturated carbocycles. The highest BCUT2D eigenvalue weighted by Gasteiger charge is 2.15. The molecular formula is C20H14BrFN2S. The van der Waals surface area contributed by atoms with Gasteiger partial charge in [0.2, 0.25) is 0 Å². The Bertz CT molecular complexity index is 1030. The van der Waals surface area contributed by atoms with Crippen molar-refractivity contribution in [3.05, 3.63) is 94.5 Å². The summed E-state index contributed by atoms with van der Waals surface area (Å²) in [6, 6.07) is 21.0. The second-order valence-corrected chi connectivity index (χ2v) is 7.51. The highest BCUT2D eigenvalue weighted by molar-refractivity contribution is 9.10. The van der Waals surface area contributed by atoms with Crippen molar-refractivity contribution in [2.45, 2.75) is 11.3 Å². The highest BCUT2D eigenvalue weighted by Crippen LogP contribution is 2.33. The molecule has 0 unspecified atom stereocenters. The largest absolute Gasteiger partial charge is 0.267 e. The molecule has 2 aromatic carbocycles. The van der Waals surface area contributed by atoms with Crippen molar-refractivity contribution in [1.29, 1.82) is 0 Å². The SMILES string of the molecule is Fc1ccccc1Cc1cc2c(Br)ccnc2n1Sc1ccccc1. The maximum absolute atomic E-state index is 14.1. The average molecular weight is 413 g/mol. The topological polar surface area (TPSA) is 17.8 Å². The van der Waals surface area contributed by atoms with Gasteiger partial charge in [-0.15, -0.1) is 0 Å². The number of hydrogen-bond acceptors (Lipinski definition) is 2. The maximum atomic E-state index is 14.1. The third-order valence-electron chi connectivity index (χ3n) is 3.95. The Morgan fingerprint density at radius 2 is 1.76 bits per heavy atom. The van der Waals surface area contributed by atoms with Gasteiger partial charge in [-0.2, -0.15) is 0 Å². The van der Waals surface area contributed by atoms with Crippen molar-refractivity contribution in [1.82, 2.24) is 8.96 Å². The van der Waals surface area contributed by atoms with E-state index >= 15 is 0 Å². The van der Waals surface area contributed by atoms with Crippen molar-refractivity contribution in [2.24, 2.45) is 0 Å². The van der Waals surface area contributed by atoms with E-state index in [0.29, 0.717) is 12.0 Å². The van der Waals surface area contributed by atoms with Crippen LogP contribution in [0.5, 0.6) is 0 Å². The van der Waals surface area contributed by atoms with E-state index in [1.54, 1.807) is 24.2 Å². The predicted molar refractivity (Wildman–Crippen MR) is 104 cm³/mol. The first-order valence-electron chi connectivity index (χ1n) is 7.84. The van der Waals surface area contributed by atoms with Crippen LogP contribution in [0.25, 0.3) is 11.0 Å². The van der Waals surface area contributed by atoms with E-state index in [-0.39, 0.29) is 5.82 Å². The third-order valence-corrected chi connectivity index (χ3v) is 5.71. The van der Waals surface area contributed by atoms with Gasteiger partial charge in [0, 0.05) is 33.1 Å². The lowest BCUT2D eigenvalue weighted by Gasteiger charge is -2.10. The monoisotopic (exact) mass is 412 g/mol. The lowest BCUT2D eigenvalue weighted by atomic mass is 10.1. The maximum Gasteiger partial charge on any atom is 0.151 e. The van der Waals surface area contributed by atoms with E-state index in [2.05, 4.69) is 43.1 Å². The van der Waals surface area contributed by atoms with Gasteiger partial charge in [-0.25, -0.2) is 9.37 Å². The van der Waals surface area contributed by atoms with Crippen LogP contribution in [0.4, 0.5) is 4.39 Å². The van der Waals surface area contributed by atoms with Gasteiger partial charge in [0.1, 0.15) is 5.82 Å². The first-order valence-corrected chi connectivity index (χ1v) is 9.40. The smallest absolute Gasteiger partial charge is 0.151 e. The summed E-state index contributed by atoms with van der Waals surface area (Å²) < 4.78 is 17.2. The van der Waals surface area contributed by atoms with Crippen LogP contribution >= 0.6 is 27.9 Å². The van der Waals surface area contributed by atoms with Gasteiger partial charge in [0.15, 0.2) is 5.65 Å². The lowest BCUT2D eigenvalue weighted by molar-refractivity contribution is 0.613. The fourth-order valence-corrected chi connectivity index (χ4v) is 4.11. The standard InChI is InChI=1S/C20H14BrFN2S/c21-18-10-11-23-20-17(18)13-15(12-14-6-4-5-9-19(14)22)24(20)25-16-7-2-1-3-8-16/h1-11,13H,12H2. The number of aromatic nitrogens is 2. The first kappa shape index (κ1) is 16.4. The second-order valence-electron chi connectivity index (χ2n) is 5.63. The molecule has 0 N–H and O–H groups in total. The summed E-state index contributed by atoms with van der Waals surface area (Å²) >= 11 is 5.19. The van der Waals surface area contributed by atoms with Crippen molar-refractivity contribution in [3.8, 4) is 0 Å². The molecule has 0 bridgehead atoms. The van der Waals surface area contributed by atoms with Crippen molar-refractivity contribution in [2.75, 3.05) is 0 Å². The molecule has 0 aliphatic heterocycles. The van der Waals surface area contributed by atoms with Gasteiger partial charge in [-0.3, -0.25) is 3.97 Å². The van der Waals surface area contributed by atoms with Gasteiger partial charge >= 0.3 is 0 Å². The number of nitrogens with zero attached hydrogens (tertiary/aromatic N) is 2. The molecule has 4 aromatic rings. The zero-order valence-electron chi connectivity index (χ0n) is 13.2. The van der Waals surface area contributed by atoms with Gasteiger partial charge in [0.25, 0.3) is 0 Å². The van der Waals surface area contributed by atoms with Crippen LogP contribution < -0.4 is 0 Å². The Kier molecular flexibility index (Phi) is 4.59. The summed E-state index contributed by atoms with van der Waals surface area (Å²) in [5, 5.41) is 1.03. The summed E-state index contributed by atoms with van der Waals surface area (Å²) in [5.41, 5.74) is 2.55. The van der Waals surface area contributed by atoms with Crippen LogP contribution in [0.15, 0.2) is 82.3 Å². The summed E-state index contributed by atoms with van der Waals surface area (Å²) in [6.07, 6.45) is 2.29. The fourth-order valence-electron chi connectivity index (χ4n) is 2.74.